The number of hydrogen-bond acceptors (Lipinski definition) is 3. The summed E-state index contributed by atoms with van der Waals surface area (Å²) in [5, 5.41) is 10.7. The van der Waals surface area contributed by atoms with Crippen LogP contribution in [0.25, 0.3) is 0 Å². The summed E-state index contributed by atoms with van der Waals surface area (Å²) in [4.78, 5) is 2.18. The van der Waals surface area contributed by atoms with Gasteiger partial charge in [0.05, 0.1) is 5.60 Å². The van der Waals surface area contributed by atoms with E-state index in [0.29, 0.717) is 13.1 Å². The van der Waals surface area contributed by atoms with Gasteiger partial charge >= 0.3 is 0 Å². The molecule has 0 radical (unpaired) electrons. The molecular weight excluding hydrogens is 248 g/mol. The average molecular weight is 271 g/mol. The van der Waals surface area contributed by atoms with Crippen molar-refractivity contribution in [2.45, 2.75) is 32.4 Å². The van der Waals surface area contributed by atoms with Gasteiger partial charge in [-0.1, -0.05) is 30.7 Å². The number of aliphatic hydroxyl groups is 1. The van der Waals surface area contributed by atoms with Gasteiger partial charge < -0.3 is 10.8 Å². The fourth-order valence-corrected chi connectivity index (χ4v) is 2.25. The summed E-state index contributed by atoms with van der Waals surface area (Å²) in [6.07, 6.45) is 0. The molecule has 0 aromatic heterocycles. The number of rotatable bonds is 6. The third-order valence-electron chi connectivity index (χ3n) is 2.92. The van der Waals surface area contributed by atoms with Crippen LogP contribution in [0.4, 0.5) is 0 Å². The van der Waals surface area contributed by atoms with Crippen molar-refractivity contribution in [2.75, 3.05) is 19.6 Å². The SMILES string of the molecule is CCN(CC(C)(C)O)C(CN)c1ccc(Cl)cc1. The summed E-state index contributed by atoms with van der Waals surface area (Å²) in [5.74, 6) is 0. The van der Waals surface area contributed by atoms with E-state index in [1.165, 1.54) is 0 Å². The van der Waals surface area contributed by atoms with E-state index in [4.69, 9.17) is 17.3 Å². The maximum Gasteiger partial charge on any atom is 0.0718 e. The van der Waals surface area contributed by atoms with Crippen LogP contribution in [0.5, 0.6) is 0 Å². The minimum Gasteiger partial charge on any atom is -0.389 e. The summed E-state index contributed by atoms with van der Waals surface area (Å²) < 4.78 is 0. The van der Waals surface area contributed by atoms with Crippen molar-refractivity contribution in [3.8, 4) is 0 Å². The molecule has 0 spiro atoms. The van der Waals surface area contributed by atoms with Crippen LogP contribution in [-0.4, -0.2) is 35.2 Å². The molecule has 1 aromatic rings. The van der Waals surface area contributed by atoms with Crippen molar-refractivity contribution in [3.63, 3.8) is 0 Å². The molecule has 0 amide bonds. The first-order valence-corrected chi connectivity index (χ1v) is 6.67. The first-order chi connectivity index (χ1) is 8.37. The van der Waals surface area contributed by atoms with Crippen LogP contribution >= 0.6 is 11.6 Å². The first kappa shape index (κ1) is 15.4. The molecule has 0 heterocycles. The van der Waals surface area contributed by atoms with Crippen molar-refractivity contribution >= 4 is 11.6 Å². The molecule has 3 nitrogen and oxygen atoms in total. The van der Waals surface area contributed by atoms with Crippen LogP contribution in [0, 0.1) is 0 Å². The molecule has 1 aromatic carbocycles. The van der Waals surface area contributed by atoms with Crippen molar-refractivity contribution in [3.05, 3.63) is 34.9 Å². The van der Waals surface area contributed by atoms with E-state index in [1.54, 1.807) is 0 Å². The monoisotopic (exact) mass is 270 g/mol. The van der Waals surface area contributed by atoms with E-state index in [1.807, 2.05) is 38.1 Å². The second-order valence-electron chi connectivity index (χ2n) is 5.18. The van der Waals surface area contributed by atoms with Crippen LogP contribution in [-0.2, 0) is 0 Å². The van der Waals surface area contributed by atoms with Gasteiger partial charge in [0.15, 0.2) is 0 Å². The number of nitrogens with zero attached hydrogens (tertiary/aromatic N) is 1. The molecule has 1 unspecified atom stereocenters. The van der Waals surface area contributed by atoms with Gasteiger partial charge in [-0.05, 0) is 38.1 Å². The number of benzene rings is 1. The zero-order chi connectivity index (χ0) is 13.8. The Hall–Kier alpha value is -0.610. The highest BCUT2D eigenvalue weighted by atomic mass is 35.5. The van der Waals surface area contributed by atoms with Crippen LogP contribution in [0.15, 0.2) is 24.3 Å². The third kappa shape index (κ3) is 4.58. The Balaban J connectivity index is 2.89. The molecule has 102 valence electrons. The van der Waals surface area contributed by atoms with Crippen LogP contribution in [0.3, 0.4) is 0 Å². The van der Waals surface area contributed by atoms with E-state index >= 15 is 0 Å². The van der Waals surface area contributed by atoms with E-state index in [9.17, 15) is 5.11 Å². The molecule has 0 aliphatic heterocycles. The lowest BCUT2D eigenvalue weighted by Gasteiger charge is -2.34. The Morgan fingerprint density at radius 3 is 2.28 bits per heavy atom. The zero-order valence-corrected chi connectivity index (χ0v) is 12.1. The van der Waals surface area contributed by atoms with Crippen LogP contribution in [0.2, 0.25) is 5.02 Å². The topological polar surface area (TPSA) is 49.5 Å². The largest absolute Gasteiger partial charge is 0.389 e. The molecule has 0 aliphatic rings. The van der Waals surface area contributed by atoms with Crippen LogP contribution in [0.1, 0.15) is 32.4 Å². The molecule has 0 aliphatic carbocycles. The quantitative estimate of drug-likeness (QED) is 0.835. The highest BCUT2D eigenvalue weighted by molar-refractivity contribution is 6.30. The molecular formula is C14H23ClN2O. The number of likely N-dealkylation sites (N-methyl/N-ethyl adjacent to an activating group) is 1. The Morgan fingerprint density at radius 1 is 1.33 bits per heavy atom. The first-order valence-electron chi connectivity index (χ1n) is 6.29. The molecule has 1 atom stereocenters. The summed E-state index contributed by atoms with van der Waals surface area (Å²) in [6, 6.07) is 7.84. The van der Waals surface area contributed by atoms with Crippen molar-refractivity contribution in [1.29, 1.82) is 0 Å². The minimum atomic E-state index is -0.726. The minimum absolute atomic E-state index is 0.110. The summed E-state index contributed by atoms with van der Waals surface area (Å²) in [7, 11) is 0. The molecule has 4 heteroatoms. The highest BCUT2D eigenvalue weighted by Gasteiger charge is 2.23. The van der Waals surface area contributed by atoms with E-state index in [2.05, 4.69) is 11.8 Å². The van der Waals surface area contributed by atoms with Gasteiger partial charge in [0.25, 0.3) is 0 Å². The predicted molar refractivity (Wildman–Crippen MR) is 76.8 cm³/mol. The number of nitrogens with two attached hydrogens (primary N) is 1. The lowest BCUT2D eigenvalue weighted by molar-refractivity contribution is 0.0235. The van der Waals surface area contributed by atoms with Gasteiger partial charge in [-0.2, -0.15) is 0 Å². The molecule has 0 bridgehead atoms. The summed E-state index contributed by atoms with van der Waals surface area (Å²) in [6.45, 7) is 7.65. The van der Waals surface area contributed by atoms with Gasteiger partial charge in [0, 0.05) is 24.2 Å². The van der Waals surface area contributed by atoms with Gasteiger partial charge in [0.2, 0.25) is 0 Å². The van der Waals surface area contributed by atoms with Gasteiger partial charge in [0.1, 0.15) is 0 Å². The molecule has 0 saturated heterocycles. The van der Waals surface area contributed by atoms with Gasteiger partial charge in [-0.15, -0.1) is 0 Å². The standard InChI is InChI=1S/C14H23ClN2O/c1-4-17(10-14(2,3)18)13(9-16)11-5-7-12(15)8-6-11/h5-8,13,18H,4,9-10,16H2,1-3H3. The summed E-state index contributed by atoms with van der Waals surface area (Å²) >= 11 is 5.89. The van der Waals surface area contributed by atoms with Crippen molar-refractivity contribution in [2.24, 2.45) is 5.73 Å². The Morgan fingerprint density at radius 2 is 1.89 bits per heavy atom. The van der Waals surface area contributed by atoms with E-state index < -0.39 is 5.60 Å². The third-order valence-corrected chi connectivity index (χ3v) is 3.17. The second-order valence-corrected chi connectivity index (χ2v) is 5.62. The molecule has 0 fully saturated rings. The van der Waals surface area contributed by atoms with Crippen molar-refractivity contribution < 1.29 is 5.11 Å². The van der Waals surface area contributed by atoms with Crippen LogP contribution < -0.4 is 5.73 Å². The Kier molecular flexibility index (Phi) is 5.60. The summed E-state index contributed by atoms with van der Waals surface area (Å²) in [5.41, 5.74) is 6.29. The lowest BCUT2D eigenvalue weighted by atomic mass is 10.0. The zero-order valence-electron chi connectivity index (χ0n) is 11.4. The van der Waals surface area contributed by atoms with Gasteiger partial charge in [-0.3, -0.25) is 4.90 Å². The van der Waals surface area contributed by atoms with E-state index in [-0.39, 0.29) is 6.04 Å². The number of hydrogen-bond donors (Lipinski definition) is 2. The fraction of sp³-hybridized carbons (Fsp3) is 0.571. The normalized spacial score (nSPS) is 13.9. The number of halogens is 1. The molecule has 1 rings (SSSR count). The maximum atomic E-state index is 9.95. The highest BCUT2D eigenvalue weighted by Crippen LogP contribution is 2.23. The fourth-order valence-electron chi connectivity index (χ4n) is 2.12. The smallest absolute Gasteiger partial charge is 0.0718 e. The predicted octanol–water partition coefficient (Wildman–Crippen LogP) is 2.43. The molecule has 0 saturated carbocycles. The Labute approximate surface area is 115 Å². The second kappa shape index (κ2) is 6.53. The molecule has 3 N–H and O–H groups in total. The van der Waals surface area contributed by atoms with Crippen molar-refractivity contribution in [1.82, 2.24) is 4.90 Å². The van der Waals surface area contributed by atoms with Gasteiger partial charge in [-0.25, -0.2) is 0 Å². The Bertz CT molecular complexity index is 359. The van der Waals surface area contributed by atoms with E-state index in [0.717, 1.165) is 17.1 Å². The lowest BCUT2D eigenvalue weighted by Crippen LogP contribution is -2.42. The average Bonchev–Trinajstić information content (AvgIpc) is 2.29. The maximum absolute atomic E-state index is 9.95. The molecule has 18 heavy (non-hydrogen) atoms.